The number of carbonyl (C=O) groups is 2. The molecule has 0 bridgehead atoms. The third-order valence-electron chi connectivity index (χ3n) is 3.92. The van der Waals surface area contributed by atoms with Gasteiger partial charge in [0.25, 0.3) is 0 Å². The zero-order valence-electron chi connectivity index (χ0n) is 12.8. The fraction of sp³-hybridized carbons (Fsp3) is 0.222. The van der Waals surface area contributed by atoms with Gasteiger partial charge >= 0.3 is 0 Å². The molecule has 0 aliphatic carbocycles. The van der Waals surface area contributed by atoms with E-state index in [1.165, 1.54) is 0 Å². The van der Waals surface area contributed by atoms with Crippen LogP contribution in [0.15, 0.2) is 53.0 Å². The second-order valence-electron chi connectivity index (χ2n) is 5.74. The first kappa shape index (κ1) is 15.7. The van der Waals surface area contributed by atoms with Crippen LogP contribution in [0.4, 0.5) is 11.4 Å². The third-order valence-corrected chi connectivity index (χ3v) is 4.45. The lowest BCUT2D eigenvalue weighted by molar-refractivity contribution is -0.122. The molecule has 5 heteroatoms. The Balaban J connectivity index is 1.69. The highest BCUT2D eigenvalue weighted by molar-refractivity contribution is 9.10. The van der Waals surface area contributed by atoms with Crippen molar-refractivity contribution in [3.8, 4) is 0 Å². The number of aryl methyl sites for hydroxylation is 1. The molecule has 1 saturated heterocycles. The van der Waals surface area contributed by atoms with Gasteiger partial charge in [-0.25, -0.2) is 0 Å². The van der Waals surface area contributed by atoms with E-state index in [1.54, 1.807) is 4.90 Å². The van der Waals surface area contributed by atoms with Crippen molar-refractivity contribution in [2.45, 2.75) is 13.3 Å². The number of benzene rings is 2. The third kappa shape index (κ3) is 3.62. The van der Waals surface area contributed by atoms with E-state index in [2.05, 4.69) is 21.2 Å². The summed E-state index contributed by atoms with van der Waals surface area (Å²) in [4.78, 5) is 26.3. The standard InChI is InChI=1S/C18H17BrN2O2/c1-12-3-2-4-16(9-12)21-11-13(10-17(21)22)18(23)20-15-7-5-14(19)6-8-15/h2-9,13H,10-11H2,1H3,(H,20,23)/t13-/m1/s1. The molecular weight excluding hydrogens is 356 g/mol. The van der Waals surface area contributed by atoms with E-state index in [4.69, 9.17) is 0 Å². The van der Waals surface area contributed by atoms with Crippen LogP contribution in [0.5, 0.6) is 0 Å². The summed E-state index contributed by atoms with van der Waals surface area (Å²) in [6.45, 7) is 2.41. The molecule has 3 rings (SSSR count). The molecule has 0 aromatic heterocycles. The van der Waals surface area contributed by atoms with Gasteiger partial charge in [-0.1, -0.05) is 28.1 Å². The van der Waals surface area contributed by atoms with E-state index in [1.807, 2.05) is 55.5 Å². The van der Waals surface area contributed by atoms with Crippen molar-refractivity contribution in [1.29, 1.82) is 0 Å². The van der Waals surface area contributed by atoms with E-state index in [0.717, 1.165) is 21.4 Å². The van der Waals surface area contributed by atoms with E-state index in [9.17, 15) is 9.59 Å². The molecule has 1 N–H and O–H groups in total. The Labute approximate surface area is 143 Å². The number of halogens is 1. The Morgan fingerprint density at radius 1 is 1.22 bits per heavy atom. The van der Waals surface area contributed by atoms with Crippen molar-refractivity contribution in [2.24, 2.45) is 5.92 Å². The zero-order valence-corrected chi connectivity index (χ0v) is 14.3. The molecule has 0 spiro atoms. The average molecular weight is 373 g/mol. The van der Waals surface area contributed by atoms with Crippen LogP contribution in [0.2, 0.25) is 0 Å². The van der Waals surface area contributed by atoms with Gasteiger partial charge in [-0.15, -0.1) is 0 Å². The van der Waals surface area contributed by atoms with Crippen molar-refractivity contribution in [3.63, 3.8) is 0 Å². The lowest BCUT2D eigenvalue weighted by Gasteiger charge is -2.17. The molecular formula is C18H17BrN2O2. The number of carbonyl (C=O) groups excluding carboxylic acids is 2. The highest BCUT2D eigenvalue weighted by Gasteiger charge is 2.35. The summed E-state index contributed by atoms with van der Waals surface area (Å²) >= 11 is 3.36. The summed E-state index contributed by atoms with van der Waals surface area (Å²) in [5.74, 6) is -0.450. The normalized spacial score (nSPS) is 17.4. The fourth-order valence-electron chi connectivity index (χ4n) is 2.71. The molecule has 1 aliphatic heterocycles. The first-order valence-electron chi connectivity index (χ1n) is 7.46. The summed E-state index contributed by atoms with van der Waals surface area (Å²) in [6, 6.07) is 15.2. The van der Waals surface area contributed by atoms with E-state index in [-0.39, 0.29) is 24.2 Å². The summed E-state index contributed by atoms with van der Waals surface area (Å²) in [5, 5.41) is 2.88. The van der Waals surface area contributed by atoms with Crippen LogP contribution in [0, 0.1) is 12.8 Å². The molecule has 0 saturated carbocycles. The van der Waals surface area contributed by atoms with Gasteiger partial charge in [0.05, 0.1) is 5.92 Å². The van der Waals surface area contributed by atoms with Crippen LogP contribution >= 0.6 is 15.9 Å². The highest BCUT2D eigenvalue weighted by atomic mass is 79.9. The molecule has 2 aromatic rings. The molecule has 0 radical (unpaired) electrons. The summed E-state index contributed by atoms with van der Waals surface area (Å²) < 4.78 is 0.956. The second kappa shape index (κ2) is 6.54. The molecule has 118 valence electrons. The Bertz CT molecular complexity index is 743. The predicted octanol–water partition coefficient (Wildman–Crippen LogP) is 3.75. The molecule has 1 aliphatic rings. The minimum atomic E-state index is -0.327. The number of nitrogens with one attached hydrogen (secondary N) is 1. The molecule has 0 unspecified atom stereocenters. The summed E-state index contributed by atoms with van der Waals surface area (Å²) in [5.41, 5.74) is 2.69. The van der Waals surface area contributed by atoms with Crippen LogP contribution in [-0.2, 0) is 9.59 Å². The minimum Gasteiger partial charge on any atom is -0.326 e. The quantitative estimate of drug-likeness (QED) is 0.891. The van der Waals surface area contributed by atoms with Crippen molar-refractivity contribution >= 4 is 39.1 Å². The first-order valence-corrected chi connectivity index (χ1v) is 8.26. The molecule has 1 atom stereocenters. The zero-order chi connectivity index (χ0) is 16.4. The van der Waals surface area contributed by atoms with Gasteiger partial charge in [0, 0.05) is 28.8 Å². The molecule has 23 heavy (non-hydrogen) atoms. The summed E-state index contributed by atoms with van der Waals surface area (Å²) in [7, 11) is 0. The molecule has 1 fully saturated rings. The number of hydrogen-bond acceptors (Lipinski definition) is 2. The first-order chi connectivity index (χ1) is 11.0. The van der Waals surface area contributed by atoms with E-state index in [0.29, 0.717) is 6.54 Å². The van der Waals surface area contributed by atoms with Gasteiger partial charge < -0.3 is 10.2 Å². The highest BCUT2D eigenvalue weighted by Crippen LogP contribution is 2.26. The maximum Gasteiger partial charge on any atom is 0.229 e. The number of anilines is 2. The van der Waals surface area contributed by atoms with Crippen LogP contribution in [0.1, 0.15) is 12.0 Å². The molecule has 1 heterocycles. The predicted molar refractivity (Wildman–Crippen MR) is 94.4 cm³/mol. The van der Waals surface area contributed by atoms with Gasteiger partial charge in [0.15, 0.2) is 0 Å². The fourth-order valence-corrected chi connectivity index (χ4v) is 2.97. The van der Waals surface area contributed by atoms with Crippen LogP contribution < -0.4 is 10.2 Å². The van der Waals surface area contributed by atoms with Crippen molar-refractivity contribution in [3.05, 3.63) is 58.6 Å². The topological polar surface area (TPSA) is 49.4 Å². The Kier molecular flexibility index (Phi) is 4.48. The van der Waals surface area contributed by atoms with E-state index < -0.39 is 0 Å². The number of rotatable bonds is 3. The minimum absolute atomic E-state index is 0.00782. The number of amides is 2. The van der Waals surface area contributed by atoms with Gasteiger partial charge in [-0.3, -0.25) is 9.59 Å². The maximum atomic E-state index is 12.4. The summed E-state index contributed by atoms with van der Waals surface area (Å²) in [6.07, 6.45) is 0.246. The maximum absolute atomic E-state index is 12.4. The molecule has 2 amide bonds. The van der Waals surface area contributed by atoms with Gasteiger partial charge in [-0.2, -0.15) is 0 Å². The van der Waals surface area contributed by atoms with E-state index >= 15 is 0 Å². The molecule has 2 aromatic carbocycles. The average Bonchev–Trinajstić information content (AvgIpc) is 2.92. The smallest absolute Gasteiger partial charge is 0.229 e. The molecule has 4 nitrogen and oxygen atoms in total. The lowest BCUT2D eigenvalue weighted by Crippen LogP contribution is -2.28. The van der Waals surface area contributed by atoms with Crippen LogP contribution in [0.25, 0.3) is 0 Å². The number of nitrogens with zero attached hydrogens (tertiary/aromatic N) is 1. The second-order valence-corrected chi connectivity index (χ2v) is 6.66. The lowest BCUT2D eigenvalue weighted by atomic mass is 10.1. The van der Waals surface area contributed by atoms with Gasteiger partial charge in [0.2, 0.25) is 11.8 Å². The monoisotopic (exact) mass is 372 g/mol. The van der Waals surface area contributed by atoms with Crippen LogP contribution in [-0.4, -0.2) is 18.4 Å². The Morgan fingerprint density at radius 3 is 2.65 bits per heavy atom. The Hall–Kier alpha value is -2.14. The van der Waals surface area contributed by atoms with Crippen LogP contribution in [0.3, 0.4) is 0 Å². The number of hydrogen-bond donors (Lipinski definition) is 1. The Morgan fingerprint density at radius 2 is 1.96 bits per heavy atom. The van der Waals surface area contributed by atoms with Gasteiger partial charge in [-0.05, 0) is 48.9 Å². The largest absolute Gasteiger partial charge is 0.326 e. The SMILES string of the molecule is Cc1cccc(N2C[C@H](C(=O)Nc3ccc(Br)cc3)CC2=O)c1. The van der Waals surface area contributed by atoms with Crippen molar-refractivity contribution in [1.82, 2.24) is 0 Å². The van der Waals surface area contributed by atoms with Crippen molar-refractivity contribution in [2.75, 3.05) is 16.8 Å². The van der Waals surface area contributed by atoms with Crippen molar-refractivity contribution < 1.29 is 9.59 Å². The van der Waals surface area contributed by atoms with Gasteiger partial charge in [0.1, 0.15) is 0 Å².